The third-order valence-electron chi connectivity index (χ3n) is 3.98. The van der Waals surface area contributed by atoms with Gasteiger partial charge in [0.2, 0.25) is 5.91 Å². The van der Waals surface area contributed by atoms with Crippen molar-refractivity contribution in [2.45, 2.75) is 32.7 Å². The average Bonchev–Trinajstić information content (AvgIpc) is 2.97. The van der Waals surface area contributed by atoms with E-state index in [1.807, 2.05) is 13.8 Å². The van der Waals surface area contributed by atoms with E-state index in [1.165, 1.54) is 17.0 Å². The number of benzene rings is 1. The quantitative estimate of drug-likeness (QED) is 0.854. The second-order valence-electron chi connectivity index (χ2n) is 5.15. The largest absolute Gasteiger partial charge is 0.341 e. The first-order valence-electron chi connectivity index (χ1n) is 7.44. The first-order chi connectivity index (χ1) is 10.1. The van der Waals surface area contributed by atoms with Gasteiger partial charge in [-0.2, -0.15) is 0 Å². The molecule has 1 aliphatic rings. The van der Waals surface area contributed by atoms with Gasteiger partial charge in [-0.3, -0.25) is 9.59 Å². The van der Waals surface area contributed by atoms with Gasteiger partial charge in [0.05, 0.1) is 5.56 Å². The molecule has 1 fully saturated rings. The molecule has 0 spiro atoms. The number of likely N-dealkylation sites (tertiary alicyclic amines) is 1. The lowest BCUT2D eigenvalue weighted by molar-refractivity contribution is -0.134. The van der Waals surface area contributed by atoms with Crippen LogP contribution in [-0.4, -0.2) is 47.3 Å². The van der Waals surface area contributed by atoms with Crippen molar-refractivity contribution >= 4 is 11.8 Å². The molecule has 21 heavy (non-hydrogen) atoms. The Bertz CT molecular complexity index is 529. The van der Waals surface area contributed by atoms with Crippen LogP contribution in [0.2, 0.25) is 0 Å². The number of hydrogen-bond donors (Lipinski definition) is 0. The van der Waals surface area contributed by atoms with Crippen molar-refractivity contribution < 1.29 is 14.0 Å². The highest BCUT2D eigenvalue weighted by Crippen LogP contribution is 2.23. The minimum Gasteiger partial charge on any atom is -0.341 e. The third-order valence-corrected chi connectivity index (χ3v) is 3.98. The highest BCUT2D eigenvalue weighted by atomic mass is 19.1. The summed E-state index contributed by atoms with van der Waals surface area (Å²) in [6.07, 6.45) is 1.42. The molecule has 0 unspecified atom stereocenters. The molecule has 1 aromatic rings. The number of carbonyl (C=O) groups excluding carboxylic acids is 2. The molecule has 1 atom stereocenters. The maximum Gasteiger partial charge on any atom is 0.257 e. The van der Waals surface area contributed by atoms with E-state index < -0.39 is 17.8 Å². The number of hydrogen-bond acceptors (Lipinski definition) is 2. The highest BCUT2D eigenvalue weighted by molar-refractivity contribution is 5.98. The number of rotatable bonds is 4. The van der Waals surface area contributed by atoms with Crippen molar-refractivity contribution in [3.8, 4) is 0 Å². The van der Waals surface area contributed by atoms with Crippen LogP contribution in [0.15, 0.2) is 24.3 Å². The van der Waals surface area contributed by atoms with Crippen molar-refractivity contribution in [1.82, 2.24) is 9.80 Å². The Hall–Kier alpha value is -1.91. The van der Waals surface area contributed by atoms with Crippen LogP contribution >= 0.6 is 0 Å². The van der Waals surface area contributed by atoms with Gasteiger partial charge in [-0.25, -0.2) is 4.39 Å². The molecule has 0 aliphatic carbocycles. The summed E-state index contributed by atoms with van der Waals surface area (Å²) in [6, 6.07) is 5.46. The standard InChI is InChI=1S/C16H21FN2O2/c1-3-18(4-2)16(21)14-10-7-11-19(14)15(20)12-8-5-6-9-13(12)17/h5-6,8-9,14H,3-4,7,10-11H2,1-2H3/t14-/m0/s1. The summed E-state index contributed by atoms with van der Waals surface area (Å²) in [5.41, 5.74) is 0.0387. The van der Waals surface area contributed by atoms with E-state index in [-0.39, 0.29) is 11.5 Å². The van der Waals surface area contributed by atoms with E-state index in [0.29, 0.717) is 26.1 Å². The smallest absolute Gasteiger partial charge is 0.257 e. The maximum absolute atomic E-state index is 13.8. The van der Waals surface area contributed by atoms with E-state index in [1.54, 1.807) is 17.0 Å². The Morgan fingerprint density at radius 1 is 1.29 bits per heavy atom. The predicted octanol–water partition coefficient (Wildman–Crippen LogP) is 2.30. The van der Waals surface area contributed by atoms with Crippen LogP contribution < -0.4 is 0 Å². The van der Waals surface area contributed by atoms with Crippen LogP contribution in [0.3, 0.4) is 0 Å². The van der Waals surface area contributed by atoms with E-state index in [0.717, 1.165) is 6.42 Å². The van der Waals surface area contributed by atoms with Crippen molar-refractivity contribution in [2.75, 3.05) is 19.6 Å². The summed E-state index contributed by atoms with van der Waals surface area (Å²) < 4.78 is 13.8. The molecule has 0 radical (unpaired) electrons. The van der Waals surface area contributed by atoms with Crippen LogP contribution in [0.4, 0.5) is 4.39 Å². The zero-order chi connectivity index (χ0) is 15.4. The predicted molar refractivity (Wildman–Crippen MR) is 78.4 cm³/mol. The molecule has 2 rings (SSSR count). The third kappa shape index (κ3) is 3.06. The summed E-state index contributed by atoms with van der Waals surface area (Å²) in [4.78, 5) is 28.2. The summed E-state index contributed by atoms with van der Waals surface area (Å²) in [5, 5.41) is 0. The number of nitrogens with zero attached hydrogens (tertiary/aromatic N) is 2. The van der Waals surface area contributed by atoms with Gasteiger partial charge in [0.1, 0.15) is 11.9 Å². The van der Waals surface area contributed by atoms with Gasteiger partial charge in [0.25, 0.3) is 5.91 Å². The Morgan fingerprint density at radius 3 is 2.57 bits per heavy atom. The average molecular weight is 292 g/mol. The van der Waals surface area contributed by atoms with E-state index >= 15 is 0 Å². The molecular formula is C16H21FN2O2. The molecular weight excluding hydrogens is 271 g/mol. The SMILES string of the molecule is CCN(CC)C(=O)[C@@H]1CCCN1C(=O)c1ccccc1F. The molecule has 1 aromatic carbocycles. The van der Waals surface area contributed by atoms with Crippen LogP contribution in [0.25, 0.3) is 0 Å². The van der Waals surface area contributed by atoms with Crippen molar-refractivity contribution in [3.63, 3.8) is 0 Å². The Balaban J connectivity index is 2.21. The van der Waals surface area contributed by atoms with Crippen LogP contribution in [0, 0.1) is 5.82 Å². The van der Waals surface area contributed by atoms with Crippen LogP contribution in [0.5, 0.6) is 0 Å². The number of halogens is 1. The summed E-state index contributed by atoms with van der Waals surface area (Å²) in [6.45, 7) is 5.57. The Kier molecular flexibility index (Phi) is 4.94. The van der Waals surface area contributed by atoms with Crippen molar-refractivity contribution in [1.29, 1.82) is 0 Å². The molecule has 1 aliphatic heterocycles. The second-order valence-corrected chi connectivity index (χ2v) is 5.15. The van der Waals surface area contributed by atoms with Gasteiger partial charge in [0.15, 0.2) is 0 Å². The molecule has 5 heteroatoms. The molecule has 114 valence electrons. The summed E-state index contributed by atoms with van der Waals surface area (Å²) >= 11 is 0. The van der Waals surface area contributed by atoms with E-state index in [4.69, 9.17) is 0 Å². The molecule has 1 saturated heterocycles. The van der Waals surface area contributed by atoms with Gasteiger partial charge in [-0.15, -0.1) is 0 Å². The minimum absolute atomic E-state index is 0.0387. The summed E-state index contributed by atoms with van der Waals surface area (Å²) in [5.74, 6) is -0.971. The van der Waals surface area contributed by atoms with Gasteiger partial charge in [-0.05, 0) is 38.8 Å². The highest BCUT2D eigenvalue weighted by Gasteiger charge is 2.36. The van der Waals surface area contributed by atoms with Crippen LogP contribution in [0.1, 0.15) is 37.0 Å². The zero-order valence-electron chi connectivity index (χ0n) is 12.5. The molecule has 0 aromatic heterocycles. The lowest BCUT2D eigenvalue weighted by Crippen LogP contribution is -2.47. The number of carbonyl (C=O) groups is 2. The molecule has 0 bridgehead atoms. The first kappa shape index (κ1) is 15.5. The molecule has 4 nitrogen and oxygen atoms in total. The van der Waals surface area contributed by atoms with Gasteiger partial charge in [-0.1, -0.05) is 12.1 Å². The fourth-order valence-corrected chi connectivity index (χ4v) is 2.80. The van der Waals surface area contributed by atoms with Gasteiger partial charge in [0, 0.05) is 19.6 Å². The molecule has 1 heterocycles. The fraction of sp³-hybridized carbons (Fsp3) is 0.500. The van der Waals surface area contributed by atoms with Gasteiger partial charge >= 0.3 is 0 Å². The molecule has 0 N–H and O–H groups in total. The lowest BCUT2D eigenvalue weighted by Gasteiger charge is -2.29. The van der Waals surface area contributed by atoms with Gasteiger partial charge < -0.3 is 9.80 Å². The second kappa shape index (κ2) is 6.70. The lowest BCUT2D eigenvalue weighted by atomic mass is 10.1. The maximum atomic E-state index is 13.8. The monoisotopic (exact) mass is 292 g/mol. The van der Waals surface area contributed by atoms with E-state index in [2.05, 4.69) is 0 Å². The van der Waals surface area contributed by atoms with Crippen molar-refractivity contribution in [3.05, 3.63) is 35.6 Å². The Morgan fingerprint density at radius 2 is 1.95 bits per heavy atom. The number of likely N-dealkylation sites (N-methyl/N-ethyl adjacent to an activating group) is 1. The Labute approximate surface area is 124 Å². The fourth-order valence-electron chi connectivity index (χ4n) is 2.80. The number of amides is 2. The van der Waals surface area contributed by atoms with Crippen LogP contribution in [-0.2, 0) is 4.79 Å². The summed E-state index contributed by atoms with van der Waals surface area (Å²) in [7, 11) is 0. The van der Waals surface area contributed by atoms with E-state index in [9.17, 15) is 14.0 Å². The first-order valence-corrected chi connectivity index (χ1v) is 7.44. The molecule has 0 saturated carbocycles. The van der Waals surface area contributed by atoms with Crippen molar-refractivity contribution in [2.24, 2.45) is 0 Å². The minimum atomic E-state index is -0.538. The normalized spacial score (nSPS) is 17.9. The topological polar surface area (TPSA) is 40.6 Å². The zero-order valence-corrected chi connectivity index (χ0v) is 12.5. The molecule has 2 amide bonds.